The van der Waals surface area contributed by atoms with Crippen molar-refractivity contribution in [1.29, 1.82) is 0 Å². The van der Waals surface area contributed by atoms with Crippen molar-refractivity contribution >= 4 is 33.1 Å². The van der Waals surface area contributed by atoms with E-state index < -0.39 is 10.2 Å². The van der Waals surface area contributed by atoms with Crippen molar-refractivity contribution in [1.82, 2.24) is 8.61 Å². The molecule has 1 aliphatic carbocycles. The molecule has 1 aromatic heterocycles. The maximum atomic E-state index is 13.0. The second-order valence-electron chi connectivity index (χ2n) is 5.94. The van der Waals surface area contributed by atoms with Crippen LogP contribution in [-0.4, -0.2) is 42.0 Å². The first-order valence-corrected chi connectivity index (χ1v) is 10.3. The normalized spacial score (nSPS) is 24.6. The van der Waals surface area contributed by atoms with Crippen molar-refractivity contribution in [2.75, 3.05) is 19.0 Å². The fourth-order valence-electron chi connectivity index (χ4n) is 2.83. The van der Waals surface area contributed by atoms with Crippen molar-refractivity contribution in [3.05, 3.63) is 22.4 Å². The fraction of sp³-hybridized carbons (Fsp3) is 0.714. The number of hydrogen-bond donors (Lipinski definition) is 0. The predicted molar refractivity (Wildman–Crippen MR) is 86.8 cm³/mol. The Kier molecular flexibility index (Phi) is 4.90. The van der Waals surface area contributed by atoms with E-state index in [-0.39, 0.29) is 12.0 Å². The third-order valence-corrected chi connectivity index (χ3v) is 7.37. The van der Waals surface area contributed by atoms with E-state index in [0.29, 0.717) is 25.5 Å². The average Bonchev–Trinajstić information content (AvgIpc) is 3.20. The van der Waals surface area contributed by atoms with Crippen LogP contribution in [-0.2, 0) is 16.8 Å². The molecule has 7 heteroatoms. The Morgan fingerprint density at radius 2 is 2.19 bits per heavy atom. The molecule has 2 heterocycles. The summed E-state index contributed by atoms with van der Waals surface area (Å²) in [5.41, 5.74) is 1.08. The highest BCUT2D eigenvalue weighted by Crippen LogP contribution is 2.33. The maximum Gasteiger partial charge on any atom is 0.282 e. The highest BCUT2D eigenvalue weighted by molar-refractivity contribution is 7.86. The Morgan fingerprint density at radius 3 is 2.81 bits per heavy atom. The lowest BCUT2D eigenvalue weighted by molar-refractivity contribution is 0.255. The minimum absolute atomic E-state index is 0.186. The second-order valence-corrected chi connectivity index (χ2v) is 8.91. The van der Waals surface area contributed by atoms with Crippen LogP contribution in [0.1, 0.15) is 31.2 Å². The van der Waals surface area contributed by atoms with Gasteiger partial charge in [0, 0.05) is 31.6 Å². The molecule has 3 rings (SSSR count). The molecule has 0 amide bonds. The lowest BCUT2D eigenvalue weighted by Gasteiger charge is -2.35. The van der Waals surface area contributed by atoms with Gasteiger partial charge in [0.2, 0.25) is 0 Å². The largest absolute Gasteiger partial charge is 0.282 e. The topological polar surface area (TPSA) is 40.6 Å². The van der Waals surface area contributed by atoms with Crippen molar-refractivity contribution in [2.45, 2.75) is 38.3 Å². The predicted octanol–water partition coefficient (Wildman–Crippen LogP) is 2.91. The number of alkyl halides is 1. The minimum Gasteiger partial charge on any atom is -0.195 e. The SMILES string of the molecule is O=S(=O)(N1CCCC(CCl)C1)N(Cc1ccsc1)C1CC1. The lowest BCUT2D eigenvalue weighted by atomic mass is 10.0. The van der Waals surface area contributed by atoms with Gasteiger partial charge < -0.3 is 0 Å². The van der Waals surface area contributed by atoms with Crippen LogP contribution >= 0.6 is 22.9 Å². The molecule has 0 spiro atoms. The molecule has 1 aromatic rings. The van der Waals surface area contributed by atoms with Crippen LogP contribution in [0.25, 0.3) is 0 Å². The van der Waals surface area contributed by atoms with E-state index in [1.165, 1.54) is 0 Å². The fourth-order valence-corrected chi connectivity index (χ4v) is 5.70. The zero-order valence-corrected chi connectivity index (χ0v) is 14.3. The van der Waals surface area contributed by atoms with Gasteiger partial charge in [0.05, 0.1) is 0 Å². The molecule has 118 valence electrons. The van der Waals surface area contributed by atoms with E-state index in [4.69, 9.17) is 11.6 Å². The summed E-state index contributed by atoms with van der Waals surface area (Å²) < 4.78 is 29.3. The van der Waals surface area contributed by atoms with Crippen molar-refractivity contribution in [3.63, 3.8) is 0 Å². The van der Waals surface area contributed by atoms with Crippen LogP contribution in [0, 0.1) is 5.92 Å². The standard InChI is InChI=1S/C14H21ClN2O2S2/c15-8-12-2-1-6-16(9-12)21(18,19)17(14-3-4-14)10-13-5-7-20-11-13/h5,7,11-12,14H,1-4,6,8-10H2. The highest BCUT2D eigenvalue weighted by atomic mass is 35.5. The molecule has 2 fully saturated rings. The average molecular weight is 349 g/mol. The summed E-state index contributed by atoms with van der Waals surface area (Å²) in [4.78, 5) is 0. The van der Waals surface area contributed by atoms with Gasteiger partial charge in [-0.1, -0.05) is 0 Å². The molecule has 1 saturated carbocycles. The first-order chi connectivity index (χ1) is 10.1. The number of nitrogens with zero attached hydrogens (tertiary/aromatic N) is 2. The molecule has 1 saturated heterocycles. The molecule has 0 bridgehead atoms. The monoisotopic (exact) mass is 348 g/mol. The molecule has 1 atom stereocenters. The number of hydrogen-bond acceptors (Lipinski definition) is 3. The summed E-state index contributed by atoms with van der Waals surface area (Å²) in [6.07, 6.45) is 3.91. The quantitative estimate of drug-likeness (QED) is 0.742. The summed E-state index contributed by atoms with van der Waals surface area (Å²) in [5.74, 6) is 0.831. The van der Waals surface area contributed by atoms with E-state index in [9.17, 15) is 8.42 Å². The smallest absolute Gasteiger partial charge is 0.195 e. The third-order valence-electron chi connectivity index (χ3n) is 4.20. The lowest BCUT2D eigenvalue weighted by Crippen LogP contribution is -2.48. The van der Waals surface area contributed by atoms with E-state index in [2.05, 4.69) is 0 Å². The zero-order valence-electron chi connectivity index (χ0n) is 11.9. The van der Waals surface area contributed by atoms with Gasteiger partial charge in [-0.05, 0) is 54.0 Å². The van der Waals surface area contributed by atoms with Gasteiger partial charge in [0.15, 0.2) is 0 Å². The van der Waals surface area contributed by atoms with Crippen molar-refractivity contribution in [3.8, 4) is 0 Å². The first kappa shape index (κ1) is 15.7. The van der Waals surface area contributed by atoms with Gasteiger partial charge in [0.25, 0.3) is 10.2 Å². The van der Waals surface area contributed by atoms with E-state index in [1.807, 2.05) is 16.8 Å². The number of halogens is 1. The second kappa shape index (κ2) is 6.54. The third kappa shape index (κ3) is 3.62. The summed E-state index contributed by atoms with van der Waals surface area (Å²) in [7, 11) is -3.37. The van der Waals surface area contributed by atoms with Crippen molar-refractivity contribution in [2.24, 2.45) is 5.92 Å². The van der Waals surface area contributed by atoms with Crippen LogP contribution in [0.5, 0.6) is 0 Å². The molecule has 0 radical (unpaired) electrons. The minimum atomic E-state index is -3.37. The van der Waals surface area contributed by atoms with Gasteiger partial charge in [-0.15, -0.1) is 11.6 Å². The maximum absolute atomic E-state index is 13.0. The van der Waals surface area contributed by atoms with E-state index in [0.717, 1.165) is 31.2 Å². The van der Waals surface area contributed by atoms with E-state index >= 15 is 0 Å². The Labute approximate surface area is 135 Å². The number of piperidine rings is 1. The molecular weight excluding hydrogens is 328 g/mol. The number of rotatable bonds is 6. The Balaban J connectivity index is 1.77. The highest BCUT2D eigenvalue weighted by Gasteiger charge is 2.41. The van der Waals surface area contributed by atoms with Gasteiger partial charge in [-0.3, -0.25) is 0 Å². The van der Waals surface area contributed by atoms with Gasteiger partial charge in [0.1, 0.15) is 0 Å². The molecular formula is C14H21ClN2O2S2. The van der Waals surface area contributed by atoms with Crippen LogP contribution in [0.4, 0.5) is 0 Å². The van der Waals surface area contributed by atoms with Crippen LogP contribution in [0.15, 0.2) is 16.8 Å². The van der Waals surface area contributed by atoms with E-state index in [1.54, 1.807) is 19.9 Å². The molecule has 0 N–H and O–H groups in total. The molecule has 2 aliphatic rings. The van der Waals surface area contributed by atoms with Crippen LogP contribution in [0.2, 0.25) is 0 Å². The first-order valence-electron chi connectivity index (χ1n) is 7.45. The van der Waals surface area contributed by atoms with Gasteiger partial charge in [-0.2, -0.15) is 28.4 Å². The van der Waals surface area contributed by atoms with Gasteiger partial charge >= 0.3 is 0 Å². The summed E-state index contributed by atoms with van der Waals surface area (Å²) >= 11 is 7.54. The molecule has 21 heavy (non-hydrogen) atoms. The van der Waals surface area contributed by atoms with Crippen LogP contribution in [0.3, 0.4) is 0 Å². The van der Waals surface area contributed by atoms with Crippen molar-refractivity contribution < 1.29 is 8.42 Å². The summed E-state index contributed by atoms with van der Waals surface area (Å²) in [6.45, 7) is 1.69. The van der Waals surface area contributed by atoms with Gasteiger partial charge in [-0.25, -0.2) is 0 Å². The molecule has 1 unspecified atom stereocenters. The zero-order chi connectivity index (χ0) is 14.9. The Morgan fingerprint density at radius 1 is 1.38 bits per heavy atom. The Hall–Kier alpha value is -0.140. The number of thiophene rings is 1. The Bertz CT molecular complexity index is 558. The summed E-state index contributed by atoms with van der Waals surface area (Å²) in [6, 6.07) is 2.19. The molecule has 0 aromatic carbocycles. The summed E-state index contributed by atoms with van der Waals surface area (Å²) in [5, 5.41) is 4.03. The van der Waals surface area contributed by atoms with Crippen LogP contribution < -0.4 is 0 Å². The molecule has 1 aliphatic heterocycles. The molecule has 4 nitrogen and oxygen atoms in total.